The molecule has 0 spiro atoms. The number of hydrogen-bond donors (Lipinski definition) is 2. The molecule has 0 aliphatic heterocycles. The average molecular weight is 310 g/mol. The maximum Gasteiger partial charge on any atom is 0.300 e. The number of nitro benzene ring substituents is 2. The fraction of sp³-hybridized carbons (Fsp3) is 0.200. The van der Waals surface area contributed by atoms with Crippen LogP contribution >= 0.6 is 0 Å². The van der Waals surface area contributed by atoms with Gasteiger partial charge in [0.1, 0.15) is 12.3 Å². The molecule has 0 aliphatic carbocycles. The first kappa shape index (κ1) is 15.0. The molecule has 12 heteroatoms. The van der Waals surface area contributed by atoms with Crippen LogP contribution < -0.4 is 15.8 Å². The van der Waals surface area contributed by atoms with Gasteiger partial charge in [-0.15, -0.1) is 0 Å². The summed E-state index contributed by atoms with van der Waals surface area (Å²) in [5.41, 5.74) is 4.74. The molecule has 0 saturated heterocycles. The Hall–Kier alpha value is -3.44. The second kappa shape index (κ2) is 6.34. The van der Waals surface area contributed by atoms with E-state index in [1.807, 2.05) is 0 Å². The zero-order valence-electron chi connectivity index (χ0n) is 11.0. The Morgan fingerprint density at radius 3 is 2.64 bits per heavy atom. The van der Waals surface area contributed by atoms with E-state index in [-0.39, 0.29) is 36.2 Å². The molecular formula is C10H10N6O6. The summed E-state index contributed by atoms with van der Waals surface area (Å²) < 4.78 is 9.45. The van der Waals surface area contributed by atoms with Crippen LogP contribution in [0.2, 0.25) is 0 Å². The topological polar surface area (TPSA) is 172 Å². The standard InChI is InChI=1S/C10H10N6O6/c11-9-10(14-22-13-9)21-4-3-12-7-2-1-6(15(17)18)5-8(7)16(19)20/h1-2,5,12H,3-4H2,(H2,11,13). The van der Waals surface area contributed by atoms with Crippen LogP contribution in [0.3, 0.4) is 0 Å². The quantitative estimate of drug-likeness (QED) is 0.425. The van der Waals surface area contributed by atoms with Gasteiger partial charge >= 0.3 is 0 Å². The van der Waals surface area contributed by atoms with Crippen molar-refractivity contribution in [2.45, 2.75) is 0 Å². The normalized spacial score (nSPS) is 10.2. The van der Waals surface area contributed by atoms with Gasteiger partial charge in [0.2, 0.25) is 5.82 Å². The molecule has 0 radical (unpaired) electrons. The molecule has 0 amide bonds. The molecule has 0 fully saturated rings. The van der Waals surface area contributed by atoms with Crippen LogP contribution in [0.25, 0.3) is 0 Å². The molecule has 116 valence electrons. The maximum atomic E-state index is 10.9. The van der Waals surface area contributed by atoms with E-state index in [9.17, 15) is 20.2 Å². The Morgan fingerprint density at radius 2 is 2.05 bits per heavy atom. The number of non-ortho nitro benzene ring substituents is 1. The van der Waals surface area contributed by atoms with Crippen molar-refractivity contribution in [3.8, 4) is 5.88 Å². The highest BCUT2D eigenvalue weighted by Crippen LogP contribution is 2.28. The zero-order chi connectivity index (χ0) is 16.1. The summed E-state index contributed by atoms with van der Waals surface area (Å²) in [6.45, 7) is 0.248. The van der Waals surface area contributed by atoms with Crippen molar-refractivity contribution in [2.75, 3.05) is 24.2 Å². The van der Waals surface area contributed by atoms with E-state index >= 15 is 0 Å². The fourth-order valence-corrected chi connectivity index (χ4v) is 1.56. The van der Waals surface area contributed by atoms with Crippen molar-refractivity contribution >= 4 is 22.9 Å². The predicted octanol–water partition coefficient (Wildman–Crippen LogP) is 0.959. The Morgan fingerprint density at radius 1 is 1.27 bits per heavy atom. The maximum absolute atomic E-state index is 10.9. The number of nitrogen functional groups attached to an aromatic ring is 1. The summed E-state index contributed by atoms with van der Waals surface area (Å²) >= 11 is 0. The van der Waals surface area contributed by atoms with Crippen LogP contribution in [0.4, 0.5) is 22.9 Å². The average Bonchev–Trinajstić information content (AvgIpc) is 2.88. The molecule has 0 atom stereocenters. The van der Waals surface area contributed by atoms with Crippen molar-refractivity contribution in [1.82, 2.24) is 10.3 Å². The van der Waals surface area contributed by atoms with Gasteiger partial charge in [0.05, 0.1) is 15.9 Å². The van der Waals surface area contributed by atoms with E-state index in [4.69, 9.17) is 10.5 Å². The second-order valence-electron chi connectivity index (χ2n) is 3.95. The first-order valence-corrected chi connectivity index (χ1v) is 5.86. The number of benzene rings is 1. The highest BCUT2D eigenvalue weighted by atomic mass is 16.6. The van der Waals surface area contributed by atoms with Crippen molar-refractivity contribution in [2.24, 2.45) is 0 Å². The minimum atomic E-state index is -0.713. The van der Waals surface area contributed by atoms with Crippen LogP contribution in [0.5, 0.6) is 5.88 Å². The number of nitrogens with zero attached hydrogens (tertiary/aromatic N) is 4. The number of nitro groups is 2. The number of aromatic nitrogens is 2. The number of rotatable bonds is 7. The van der Waals surface area contributed by atoms with Crippen LogP contribution in [-0.4, -0.2) is 33.3 Å². The molecule has 0 bridgehead atoms. The molecule has 0 saturated carbocycles. The summed E-state index contributed by atoms with van der Waals surface area (Å²) in [5, 5.41) is 31.0. The summed E-state index contributed by atoms with van der Waals surface area (Å²) in [5.74, 6) is 0.00122. The largest absolute Gasteiger partial charge is 0.471 e. The van der Waals surface area contributed by atoms with Crippen molar-refractivity contribution in [1.29, 1.82) is 0 Å². The smallest absolute Gasteiger partial charge is 0.300 e. The van der Waals surface area contributed by atoms with E-state index in [0.717, 1.165) is 12.1 Å². The van der Waals surface area contributed by atoms with Gasteiger partial charge < -0.3 is 15.8 Å². The van der Waals surface area contributed by atoms with Crippen LogP contribution in [0.15, 0.2) is 22.8 Å². The van der Waals surface area contributed by atoms with Gasteiger partial charge in [-0.25, -0.2) is 4.63 Å². The number of hydrogen-bond acceptors (Lipinski definition) is 10. The van der Waals surface area contributed by atoms with E-state index in [1.54, 1.807) is 0 Å². The van der Waals surface area contributed by atoms with Crippen LogP contribution in [0, 0.1) is 20.2 Å². The molecule has 22 heavy (non-hydrogen) atoms. The summed E-state index contributed by atoms with van der Waals surface area (Å²) in [6.07, 6.45) is 0. The Bertz CT molecular complexity index is 701. The van der Waals surface area contributed by atoms with Gasteiger partial charge in [-0.1, -0.05) is 0 Å². The molecule has 1 heterocycles. The molecule has 2 rings (SSSR count). The van der Waals surface area contributed by atoms with Gasteiger partial charge in [-0.05, 0) is 16.4 Å². The fourth-order valence-electron chi connectivity index (χ4n) is 1.56. The van der Waals surface area contributed by atoms with Crippen molar-refractivity contribution in [3.63, 3.8) is 0 Å². The lowest BCUT2D eigenvalue weighted by molar-refractivity contribution is -0.393. The van der Waals surface area contributed by atoms with Gasteiger partial charge in [0, 0.05) is 12.6 Å². The van der Waals surface area contributed by atoms with Gasteiger partial charge in [0.15, 0.2) is 0 Å². The summed E-state index contributed by atoms with van der Waals surface area (Å²) in [7, 11) is 0. The highest BCUT2D eigenvalue weighted by molar-refractivity contribution is 5.65. The third-order valence-corrected chi connectivity index (χ3v) is 2.53. The molecule has 1 aromatic heterocycles. The Balaban J connectivity index is 1.98. The molecule has 0 aliphatic rings. The van der Waals surface area contributed by atoms with Gasteiger partial charge in [-0.3, -0.25) is 20.2 Å². The first-order chi connectivity index (χ1) is 10.5. The van der Waals surface area contributed by atoms with Gasteiger partial charge in [0.25, 0.3) is 17.3 Å². The monoisotopic (exact) mass is 310 g/mol. The predicted molar refractivity (Wildman–Crippen MR) is 72.4 cm³/mol. The van der Waals surface area contributed by atoms with E-state index in [0.29, 0.717) is 0 Å². The highest BCUT2D eigenvalue weighted by Gasteiger charge is 2.19. The van der Waals surface area contributed by atoms with Crippen molar-refractivity contribution in [3.05, 3.63) is 38.4 Å². The number of ether oxygens (including phenoxy) is 1. The van der Waals surface area contributed by atoms with E-state index in [2.05, 4.69) is 20.3 Å². The Labute approximate surface area is 122 Å². The van der Waals surface area contributed by atoms with E-state index in [1.165, 1.54) is 6.07 Å². The summed E-state index contributed by atoms with van der Waals surface area (Å²) in [4.78, 5) is 20.1. The lowest BCUT2D eigenvalue weighted by Crippen LogP contribution is -2.13. The van der Waals surface area contributed by atoms with Crippen molar-refractivity contribution < 1.29 is 19.2 Å². The second-order valence-corrected chi connectivity index (χ2v) is 3.95. The number of nitrogens with one attached hydrogen (secondary N) is 1. The molecule has 12 nitrogen and oxygen atoms in total. The van der Waals surface area contributed by atoms with Crippen LogP contribution in [-0.2, 0) is 0 Å². The third-order valence-electron chi connectivity index (χ3n) is 2.53. The number of anilines is 2. The minimum Gasteiger partial charge on any atom is -0.471 e. The number of nitrogens with two attached hydrogens (primary N) is 1. The van der Waals surface area contributed by atoms with Gasteiger partial charge in [-0.2, -0.15) is 0 Å². The molecule has 3 N–H and O–H groups in total. The molecule has 1 aromatic carbocycles. The zero-order valence-corrected chi connectivity index (χ0v) is 11.0. The Kier molecular flexibility index (Phi) is 4.31. The third kappa shape index (κ3) is 3.36. The lowest BCUT2D eigenvalue weighted by atomic mass is 10.2. The van der Waals surface area contributed by atoms with Crippen LogP contribution in [0.1, 0.15) is 0 Å². The molecular weight excluding hydrogens is 300 g/mol. The first-order valence-electron chi connectivity index (χ1n) is 5.86. The molecule has 2 aromatic rings. The molecule has 0 unspecified atom stereocenters. The van der Waals surface area contributed by atoms with E-state index < -0.39 is 15.5 Å². The minimum absolute atomic E-state index is 0.0127. The summed E-state index contributed by atoms with van der Waals surface area (Å²) in [6, 6.07) is 3.29. The SMILES string of the molecule is Nc1nonc1OCCNc1ccc([N+](=O)[O-])cc1[N+](=O)[O-]. The lowest BCUT2D eigenvalue weighted by Gasteiger charge is -2.07.